The molecule has 2 aliphatic rings. The van der Waals surface area contributed by atoms with Gasteiger partial charge < -0.3 is 10.4 Å². The van der Waals surface area contributed by atoms with E-state index in [1.54, 1.807) is 0 Å². The van der Waals surface area contributed by atoms with E-state index in [4.69, 9.17) is 0 Å². The van der Waals surface area contributed by atoms with Crippen LogP contribution in [0.3, 0.4) is 0 Å². The highest BCUT2D eigenvalue weighted by Gasteiger charge is 2.41. The quantitative estimate of drug-likeness (QED) is 0.751. The second kappa shape index (κ2) is 4.42. The molecular weight excluding hydrogens is 186 g/mol. The molecule has 2 heteroatoms. The predicted octanol–water partition coefficient (Wildman–Crippen LogP) is 2.46. The number of nitrogens with one attached hydrogen (secondary N) is 1. The minimum atomic E-state index is -0.0521. The summed E-state index contributed by atoms with van der Waals surface area (Å²) in [6.07, 6.45) is 8.32. The lowest BCUT2D eigenvalue weighted by molar-refractivity contribution is 0.0207. The second-order valence-electron chi connectivity index (χ2n) is 6.04. The molecule has 2 fully saturated rings. The summed E-state index contributed by atoms with van der Waals surface area (Å²) in [5, 5.41) is 13.7. The maximum Gasteiger partial charge on any atom is 0.0572 e. The Bertz CT molecular complexity index is 213. The van der Waals surface area contributed by atoms with Crippen LogP contribution in [0.5, 0.6) is 0 Å². The first-order valence-electron chi connectivity index (χ1n) is 6.55. The molecule has 0 aromatic rings. The Morgan fingerprint density at radius 1 is 1.47 bits per heavy atom. The molecule has 2 saturated heterocycles. The fourth-order valence-corrected chi connectivity index (χ4v) is 3.33. The van der Waals surface area contributed by atoms with Crippen molar-refractivity contribution >= 4 is 0 Å². The van der Waals surface area contributed by atoms with Gasteiger partial charge in [0.1, 0.15) is 0 Å². The number of hydrogen-bond acceptors (Lipinski definition) is 2. The first-order chi connectivity index (χ1) is 7.10. The minimum absolute atomic E-state index is 0.0521. The largest absolute Gasteiger partial charge is 0.393 e. The van der Waals surface area contributed by atoms with E-state index < -0.39 is 0 Å². The van der Waals surface area contributed by atoms with Gasteiger partial charge in [-0.05, 0) is 44.4 Å². The monoisotopic (exact) mass is 211 g/mol. The van der Waals surface area contributed by atoms with Gasteiger partial charge in [0.15, 0.2) is 0 Å². The zero-order chi connectivity index (χ0) is 10.9. The number of aliphatic hydroxyl groups excluding tert-OH is 1. The Morgan fingerprint density at radius 2 is 2.27 bits per heavy atom. The highest BCUT2D eigenvalue weighted by molar-refractivity contribution is 5.01. The van der Waals surface area contributed by atoms with E-state index in [0.29, 0.717) is 6.04 Å². The lowest BCUT2D eigenvalue weighted by Crippen LogP contribution is -2.59. The zero-order valence-corrected chi connectivity index (χ0v) is 10.1. The smallest absolute Gasteiger partial charge is 0.0572 e. The Balaban J connectivity index is 1.97. The van der Waals surface area contributed by atoms with Gasteiger partial charge in [0.05, 0.1) is 6.10 Å². The van der Waals surface area contributed by atoms with Crippen LogP contribution in [0.25, 0.3) is 0 Å². The third kappa shape index (κ3) is 2.73. The molecule has 15 heavy (non-hydrogen) atoms. The lowest BCUT2D eigenvalue weighted by atomic mass is 9.72. The Morgan fingerprint density at radius 3 is 3.00 bits per heavy atom. The molecule has 0 aromatic carbocycles. The second-order valence-corrected chi connectivity index (χ2v) is 6.04. The molecule has 0 aliphatic carbocycles. The summed E-state index contributed by atoms with van der Waals surface area (Å²) in [6, 6.07) is 0.592. The van der Waals surface area contributed by atoms with Crippen molar-refractivity contribution in [2.45, 2.75) is 76.5 Å². The summed E-state index contributed by atoms with van der Waals surface area (Å²) in [6.45, 7) is 4.58. The minimum Gasteiger partial charge on any atom is -0.393 e. The van der Waals surface area contributed by atoms with E-state index in [1.165, 1.54) is 32.1 Å². The van der Waals surface area contributed by atoms with Gasteiger partial charge in [-0.3, -0.25) is 0 Å². The molecular formula is C13H25NO. The highest BCUT2D eigenvalue weighted by atomic mass is 16.3. The average Bonchev–Trinajstić information content (AvgIpc) is 2.14. The molecule has 0 amide bonds. The molecule has 2 rings (SSSR count). The van der Waals surface area contributed by atoms with Crippen LogP contribution < -0.4 is 5.32 Å². The van der Waals surface area contributed by atoms with Crippen molar-refractivity contribution in [2.75, 3.05) is 0 Å². The van der Waals surface area contributed by atoms with Gasteiger partial charge in [-0.15, -0.1) is 0 Å². The fourth-order valence-electron chi connectivity index (χ4n) is 3.33. The highest BCUT2D eigenvalue weighted by Crippen LogP contribution is 2.37. The molecule has 0 spiro atoms. The van der Waals surface area contributed by atoms with Crippen molar-refractivity contribution in [1.82, 2.24) is 5.32 Å². The van der Waals surface area contributed by atoms with Crippen LogP contribution in [0.4, 0.5) is 0 Å². The standard InChI is InChI=1S/C13H25NO/c1-10(2)5-7-13-6-3-4-11(14-13)8-12(15)9-13/h10-12,14-15H,3-9H2,1-2H3/t11?,12-,13+/m0/s1. The summed E-state index contributed by atoms with van der Waals surface area (Å²) in [7, 11) is 0. The lowest BCUT2D eigenvalue weighted by Gasteiger charge is -2.49. The van der Waals surface area contributed by atoms with Crippen molar-refractivity contribution in [3.05, 3.63) is 0 Å². The molecule has 0 radical (unpaired) electrons. The summed E-state index contributed by atoms with van der Waals surface area (Å²) >= 11 is 0. The van der Waals surface area contributed by atoms with Crippen LogP contribution in [0, 0.1) is 5.92 Å². The molecule has 1 unspecified atom stereocenters. The van der Waals surface area contributed by atoms with Crippen molar-refractivity contribution < 1.29 is 5.11 Å². The Kier molecular flexibility index (Phi) is 3.36. The summed E-state index contributed by atoms with van der Waals surface area (Å²) < 4.78 is 0. The van der Waals surface area contributed by atoms with E-state index in [-0.39, 0.29) is 11.6 Å². The van der Waals surface area contributed by atoms with Gasteiger partial charge in [0, 0.05) is 11.6 Å². The Labute approximate surface area is 93.5 Å². The van der Waals surface area contributed by atoms with Gasteiger partial charge in [-0.25, -0.2) is 0 Å². The first-order valence-corrected chi connectivity index (χ1v) is 6.55. The van der Waals surface area contributed by atoms with Crippen LogP contribution in [-0.2, 0) is 0 Å². The maximum absolute atomic E-state index is 9.91. The van der Waals surface area contributed by atoms with E-state index >= 15 is 0 Å². The number of hydrogen-bond donors (Lipinski definition) is 2. The van der Waals surface area contributed by atoms with Crippen molar-refractivity contribution in [3.63, 3.8) is 0 Å². The van der Waals surface area contributed by atoms with Crippen LogP contribution >= 0.6 is 0 Å². The van der Waals surface area contributed by atoms with E-state index in [9.17, 15) is 5.11 Å². The summed E-state index contributed by atoms with van der Waals surface area (Å²) in [5.41, 5.74) is 0.283. The summed E-state index contributed by atoms with van der Waals surface area (Å²) in [5.74, 6) is 0.778. The molecule has 3 atom stereocenters. The normalized spacial score (nSPS) is 40.8. The van der Waals surface area contributed by atoms with Gasteiger partial charge in [0.2, 0.25) is 0 Å². The first kappa shape index (κ1) is 11.4. The number of fused-ring (bicyclic) bond motifs is 2. The molecule has 2 aliphatic heterocycles. The van der Waals surface area contributed by atoms with E-state index in [2.05, 4.69) is 19.2 Å². The number of rotatable bonds is 3. The molecule has 2 N–H and O–H groups in total. The fraction of sp³-hybridized carbons (Fsp3) is 1.00. The third-order valence-electron chi connectivity index (χ3n) is 4.10. The van der Waals surface area contributed by atoms with Crippen molar-refractivity contribution in [2.24, 2.45) is 5.92 Å². The third-order valence-corrected chi connectivity index (χ3v) is 4.10. The maximum atomic E-state index is 9.91. The van der Waals surface area contributed by atoms with Crippen LogP contribution in [0.2, 0.25) is 0 Å². The number of aliphatic hydroxyl groups is 1. The molecule has 0 aromatic heterocycles. The predicted molar refractivity (Wildman–Crippen MR) is 62.8 cm³/mol. The van der Waals surface area contributed by atoms with E-state index in [0.717, 1.165) is 18.8 Å². The van der Waals surface area contributed by atoms with Gasteiger partial charge in [-0.2, -0.15) is 0 Å². The van der Waals surface area contributed by atoms with Crippen LogP contribution in [-0.4, -0.2) is 22.8 Å². The summed E-state index contributed by atoms with van der Waals surface area (Å²) in [4.78, 5) is 0. The van der Waals surface area contributed by atoms with Crippen LogP contribution in [0.15, 0.2) is 0 Å². The number of piperidine rings is 2. The molecule has 88 valence electrons. The Hall–Kier alpha value is -0.0800. The van der Waals surface area contributed by atoms with Crippen molar-refractivity contribution in [3.8, 4) is 0 Å². The van der Waals surface area contributed by atoms with Gasteiger partial charge >= 0.3 is 0 Å². The SMILES string of the molecule is CC(C)CC[C@]12CCCC(C[C@H](O)C1)N2. The van der Waals surface area contributed by atoms with Crippen LogP contribution in [0.1, 0.15) is 58.8 Å². The molecule has 0 saturated carbocycles. The van der Waals surface area contributed by atoms with E-state index in [1.807, 2.05) is 0 Å². The average molecular weight is 211 g/mol. The zero-order valence-electron chi connectivity index (χ0n) is 10.1. The van der Waals surface area contributed by atoms with Crippen molar-refractivity contribution in [1.29, 1.82) is 0 Å². The van der Waals surface area contributed by atoms with Gasteiger partial charge in [0.25, 0.3) is 0 Å². The molecule has 2 heterocycles. The van der Waals surface area contributed by atoms with Gasteiger partial charge in [-0.1, -0.05) is 20.3 Å². The molecule has 2 bridgehead atoms. The molecule has 2 nitrogen and oxygen atoms in total. The topological polar surface area (TPSA) is 32.3 Å².